The first kappa shape index (κ1) is 11.5. The molecule has 0 aromatic rings. The highest BCUT2D eigenvalue weighted by molar-refractivity contribution is 6.68. The molecule has 0 aromatic heterocycles. The molecule has 0 fully saturated rings. The Labute approximate surface area is 80.7 Å². The molecule has 0 aliphatic heterocycles. The molecule has 0 aliphatic rings. The summed E-state index contributed by atoms with van der Waals surface area (Å²) in [6.45, 7) is 2.30. The van der Waals surface area contributed by atoms with E-state index >= 15 is 0 Å². The second kappa shape index (κ2) is 5.20. The first-order valence-corrected chi connectivity index (χ1v) is 4.25. The molecule has 0 bridgehead atoms. The van der Waals surface area contributed by atoms with E-state index in [1.807, 2.05) is 0 Å². The molecule has 66 valence electrons. The van der Waals surface area contributed by atoms with E-state index in [2.05, 4.69) is 0 Å². The number of halogens is 3. The minimum absolute atomic E-state index is 0.0183. The van der Waals surface area contributed by atoms with Gasteiger partial charge >= 0.3 is 0 Å². The Bertz CT molecular complexity index is 130. The SMILES string of the molecule is CCOCC(=O)CC(Cl)(Cl)Cl. The Morgan fingerprint density at radius 3 is 2.36 bits per heavy atom. The molecule has 0 aromatic carbocycles. The van der Waals surface area contributed by atoms with E-state index < -0.39 is 3.79 Å². The summed E-state index contributed by atoms with van der Waals surface area (Å²) in [6.07, 6.45) is -0.0995. The molecule has 2 nitrogen and oxygen atoms in total. The fourth-order valence-corrected chi connectivity index (χ4v) is 0.938. The van der Waals surface area contributed by atoms with E-state index in [9.17, 15) is 4.79 Å². The molecule has 0 aliphatic carbocycles. The maximum Gasteiger partial charge on any atom is 0.197 e. The monoisotopic (exact) mass is 218 g/mol. The van der Waals surface area contributed by atoms with Gasteiger partial charge in [0, 0.05) is 6.61 Å². The van der Waals surface area contributed by atoms with Crippen molar-refractivity contribution in [3.8, 4) is 0 Å². The minimum atomic E-state index is -1.49. The summed E-state index contributed by atoms with van der Waals surface area (Å²) in [6, 6.07) is 0. The molecule has 0 spiro atoms. The molecule has 0 heterocycles. The highest BCUT2D eigenvalue weighted by atomic mass is 35.6. The van der Waals surface area contributed by atoms with E-state index in [1.165, 1.54) is 0 Å². The van der Waals surface area contributed by atoms with E-state index in [0.717, 1.165) is 0 Å². The largest absolute Gasteiger partial charge is 0.374 e. The van der Waals surface area contributed by atoms with Gasteiger partial charge in [0.15, 0.2) is 9.58 Å². The van der Waals surface area contributed by atoms with Gasteiger partial charge in [0.25, 0.3) is 0 Å². The maximum atomic E-state index is 10.8. The van der Waals surface area contributed by atoms with Crippen molar-refractivity contribution in [1.82, 2.24) is 0 Å². The van der Waals surface area contributed by atoms with Gasteiger partial charge < -0.3 is 4.74 Å². The number of rotatable bonds is 4. The topological polar surface area (TPSA) is 26.3 Å². The number of ketones is 1. The average Bonchev–Trinajstić information content (AvgIpc) is 1.79. The van der Waals surface area contributed by atoms with Crippen LogP contribution in [0.5, 0.6) is 0 Å². The van der Waals surface area contributed by atoms with Crippen molar-refractivity contribution < 1.29 is 9.53 Å². The molecule has 0 atom stereocenters. The zero-order chi connectivity index (χ0) is 8.91. The fraction of sp³-hybridized carbons (Fsp3) is 0.833. The predicted octanol–water partition coefficient (Wildman–Crippen LogP) is 2.35. The molecular weight excluding hydrogens is 210 g/mol. The normalized spacial score (nSPS) is 11.6. The third-order valence-electron chi connectivity index (χ3n) is 0.865. The minimum Gasteiger partial charge on any atom is -0.374 e. The number of hydrogen-bond acceptors (Lipinski definition) is 2. The standard InChI is InChI=1S/C6H9Cl3O2/c1-2-11-4-5(10)3-6(7,8)9/h2-4H2,1H3. The molecule has 11 heavy (non-hydrogen) atoms. The van der Waals surface area contributed by atoms with Crippen molar-refractivity contribution in [2.75, 3.05) is 13.2 Å². The smallest absolute Gasteiger partial charge is 0.197 e. The molecule has 0 unspecified atom stereocenters. The Balaban J connectivity index is 3.53. The number of carbonyl (C=O) groups excluding carboxylic acids is 1. The molecule has 0 saturated carbocycles. The van der Waals surface area contributed by atoms with Crippen molar-refractivity contribution in [1.29, 1.82) is 0 Å². The van der Waals surface area contributed by atoms with Crippen LogP contribution in [0.3, 0.4) is 0 Å². The zero-order valence-electron chi connectivity index (χ0n) is 6.07. The second-order valence-electron chi connectivity index (χ2n) is 1.97. The van der Waals surface area contributed by atoms with Crippen LogP contribution in [0, 0.1) is 0 Å². The predicted molar refractivity (Wildman–Crippen MR) is 46.4 cm³/mol. The summed E-state index contributed by atoms with van der Waals surface area (Å²) in [5, 5.41) is 0. The van der Waals surface area contributed by atoms with Gasteiger partial charge in [-0.25, -0.2) is 0 Å². The third kappa shape index (κ3) is 8.41. The van der Waals surface area contributed by atoms with Crippen LogP contribution in [-0.2, 0) is 9.53 Å². The Morgan fingerprint density at radius 2 is 2.00 bits per heavy atom. The number of alkyl halides is 3. The van der Waals surface area contributed by atoms with Gasteiger partial charge in [-0.15, -0.1) is 0 Å². The number of carbonyl (C=O) groups is 1. The van der Waals surface area contributed by atoms with Crippen LogP contribution in [0.15, 0.2) is 0 Å². The van der Waals surface area contributed by atoms with Crippen LogP contribution in [0.4, 0.5) is 0 Å². The molecule has 5 heteroatoms. The fourth-order valence-electron chi connectivity index (χ4n) is 0.490. The van der Waals surface area contributed by atoms with Gasteiger partial charge in [0.1, 0.15) is 6.61 Å². The first-order chi connectivity index (χ1) is 4.95. The molecular formula is C6H9Cl3O2. The first-order valence-electron chi connectivity index (χ1n) is 3.12. The highest BCUT2D eigenvalue weighted by Crippen LogP contribution is 2.29. The summed E-state index contributed by atoms with van der Waals surface area (Å²) in [5.41, 5.74) is 0. The lowest BCUT2D eigenvalue weighted by Gasteiger charge is -2.08. The van der Waals surface area contributed by atoms with Crippen molar-refractivity contribution >= 4 is 40.6 Å². The Hall–Kier alpha value is 0.500. The molecule has 0 N–H and O–H groups in total. The molecule has 0 saturated heterocycles. The maximum absolute atomic E-state index is 10.8. The lowest BCUT2D eigenvalue weighted by atomic mass is 10.3. The van der Waals surface area contributed by atoms with E-state index in [0.29, 0.717) is 6.61 Å². The van der Waals surface area contributed by atoms with Crippen LogP contribution < -0.4 is 0 Å². The van der Waals surface area contributed by atoms with Crippen LogP contribution >= 0.6 is 34.8 Å². The van der Waals surface area contributed by atoms with Gasteiger partial charge in [-0.3, -0.25) is 4.79 Å². The van der Waals surface area contributed by atoms with Crippen LogP contribution in [-0.4, -0.2) is 22.8 Å². The number of hydrogen-bond donors (Lipinski definition) is 0. The molecule has 0 amide bonds. The summed E-state index contributed by atoms with van der Waals surface area (Å²) >= 11 is 16.1. The average molecular weight is 219 g/mol. The quantitative estimate of drug-likeness (QED) is 0.679. The van der Waals surface area contributed by atoms with Crippen molar-refractivity contribution in [2.24, 2.45) is 0 Å². The van der Waals surface area contributed by atoms with Crippen molar-refractivity contribution in [3.63, 3.8) is 0 Å². The van der Waals surface area contributed by atoms with E-state index in [1.54, 1.807) is 6.92 Å². The highest BCUT2D eigenvalue weighted by Gasteiger charge is 2.23. The van der Waals surface area contributed by atoms with Crippen LogP contribution in [0.25, 0.3) is 0 Å². The Kier molecular flexibility index (Phi) is 5.44. The van der Waals surface area contributed by atoms with Gasteiger partial charge in [-0.05, 0) is 6.92 Å². The Morgan fingerprint density at radius 1 is 1.45 bits per heavy atom. The summed E-state index contributed by atoms with van der Waals surface area (Å²) in [4.78, 5) is 10.8. The van der Waals surface area contributed by atoms with E-state index in [4.69, 9.17) is 39.5 Å². The van der Waals surface area contributed by atoms with Gasteiger partial charge in [0.2, 0.25) is 0 Å². The van der Waals surface area contributed by atoms with Crippen molar-refractivity contribution in [2.45, 2.75) is 17.1 Å². The van der Waals surface area contributed by atoms with Gasteiger partial charge in [0.05, 0.1) is 6.42 Å². The summed E-state index contributed by atoms with van der Waals surface area (Å²) in [5.74, 6) is -0.202. The number of ether oxygens (including phenoxy) is 1. The molecule has 0 radical (unpaired) electrons. The van der Waals surface area contributed by atoms with Crippen LogP contribution in [0.2, 0.25) is 0 Å². The lowest BCUT2D eigenvalue weighted by Crippen LogP contribution is -2.16. The third-order valence-corrected chi connectivity index (χ3v) is 1.27. The summed E-state index contributed by atoms with van der Waals surface area (Å²) < 4.78 is 3.32. The van der Waals surface area contributed by atoms with E-state index in [-0.39, 0.29) is 18.8 Å². The van der Waals surface area contributed by atoms with Gasteiger partial charge in [-0.2, -0.15) is 0 Å². The second-order valence-corrected chi connectivity index (χ2v) is 4.48. The summed E-state index contributed by atoms with van der Waals surface area (Å²) in [7, 11) is 0. The van der Waals surface area contributed by atoms with Crippen LogP contribution in [0.1, 0.15) is 13.3 Å². The van der Waals surface area contributed by atoms with Crippen molar-refractivity contribution in [3.05, 3.63) is 0 Å². The lowest BCUT2D eigenvalue weighted by molar-refractivity contribution is -0.123. The molecule has 0 rings (SSSR count). The van der Waals surface area contributed by atoms with Gasteiger partial charge in [-0.1, -0.05) is 34.8 Å². The zero-order valence-corrected chi connectivity index (χ0v) is 8.34. The number of Topliss-reactive ketones (excluding diaryl/α,β-unsaturated/α-hetero) is 1.